The fraction of sp³-hybridized carbons (Fsp3) is 0. The summed E-state index contributed by atoms with van der Waals surface area (Å²) in [6.45, 7) is 0. The standard InChI is InChI=1S/C13H9N6O2/c20-19(21)10-4-2-9(3-5-10)11-8-14-12-13(15-11)17-6-1-7-18(17)16-12/h1-8H,(H,14,16)/q+1. The van der Waals surface area contributed by atoms with E-state index in [9.17, 15) is 10.1 Å². The van der Waals surface area contributed by atoms with Gasteiger partial charge in [-0.2, -0.15) is 0 Å². The van der Waals surface area contributed by atoms with Crippen molar-refractivity contribution < 1.29 is 9.55 Å². The van der Waals surface area contributed by atoms with Crippen LogP contribution in [0.25, 0.3) is 22.6 Å². The van der Waals surface area contributed by atoms with Crippen molar-refractivity contribution in [3.05, 3.63) is 59.0 Å². The van der Waals surface area contributed by atoms with Crippen molar-refractivity contribution >= 4 is 17.0 Å². The summed E-state index contributed by atoms with van der Waals surface area (Å²) in [7, 11) is 0. The highest BCUT2D eigenvalue weighted by Crippen LogP contribution is 2.21. The average molecular weight is 281 g/mol. The molecular formula is C13H9N6O2+. The van der Waals surface area contributed by atoms with Crippen LogP contribution < -0.4 is 4.63 Å². The third-order valence-electron chi connectivity index (χ3n) is 3.25. The Morgan fingerprint density at radius 2 is 2.10 bits per heavy atom. The molecule has 3 heterocycles. The molecule has 0 saturated carbocycles. The summed E-state index contributed by atoms with van der Waals surface area (Å²) in [5, 5.41) is 13.8. The molecule has 1 aromatic carbocycles. The second-order valence-corrected chi connectivity index (χ2v) is 4.52. The predicted molar refractivity (Wildman–Crippen MR) is 72.6 cm³/mol. The molecule has 0 spiro atoms. The molecule has 3 aromatic heterocycles. The summed E-state index contributed by atoms with van der Waals surface area (Å²) < 4.78 is 3.60. The highest BCUT2D eigenvalue weighted by molar-refractivity contribution is 5.69. The number of fused-ring (bicyclic) bond motifs is 3. The van der Waals surface area contributed by atoms with Gasteiger partial charge in [-0.3, -0.25) is 10.1 Å². The Hall–Kier alpha value is -3.29. The van der Waals surface area contributed by atoms with Gasteiger partial charge >= 0.3 is 0 Å². The number of non-ortho nitro benzene ring substituents is 1. The van der Waals surface area contributed by atoms with E-state index in [0.29, 0.717) is 17.0 Å². The van der Waals surface area contributed by atoms with Gasteiger partial charge < -0.3 is 0 Å². The molecule has 0 unspecified atom stereocenters. The van der Waals surface area contributed by atoms with E-state index >= 15 is 0 Å². The Morgan fingerprint density at radius 3 is 2.86 bits per heavy atom. The molecule has 8 heteroatoms. The van der Waals surface area contributed by atoms with Crippen molar-refractivity contribution in [2.75, 3.05) is 0 Å². The van der Waals surface area contributed by atoms with Crippen LogP contribution >= 0.6 is 0 Å². The van der Waals surface area contributed by atoms with E-state index in [1.807, 2.05) is 23.0 Å². The van der Waals surface area contributed by atoms with Crippen molar-refractivity contribution in [1.29, 1.82) is 0 Å². The van der Waals surface area contributed by atoms with Gasteiger partial charge in [-0.15, -0.1) is 5.10 Å². The van der Waals surface area contributed by atoms with Crippen LogP contribution in [0.5, 0.6) is 0 Å². The van der Waals surface area contributed by atoms with E-state index in [0.717, 1.165) is 5.56 Å². The van der Waals surface area contributed by atoms with Crippen LogP contribution in [0.3, 0.4) is 0 Å². The van der Waals surface area contributed by atoms with E-state index in [2.05, 4.69) is 15.1 Å². The van der Waals surface area contributed by atoms with E-state index in [-0.39, 0.29) is 5.69 Å². The minimum Gasteiger partial charge on any atom is -0.258 e. The van der Waals surface area contributed by atoms with E-state index in [1.165, 1.54) is 12.1 Å². The Bertz CT molecular complexity index is 969. The fourth-order valence-corrected chi connectivity index (χ4v) is 2.23. The van der Waals surface area contributed by atoms with Crippen LogP contribution in [0.4, 0.5) is 5.69 Å². The summed E-state index contributed by atoms with van der Waals surface area (Å²) in [5.74, 6) is 0. The van der Waals surface area contributed by atoms with Crippen molar-refractivity contribution in [1.82, 2.24) is 19.6 Å². The molecule has 0 bridgehead atoms. The summed E-state index contributed by atoms with van der Waals surface area (Å²) in [4.78, 5) is 19.1. The molecule has 0 fully saturated rings. The van der Waals surface area contributed by atoms with Crippen LogP contribution in [0.15, 0.2) is 48.9 Å². The number of hydrogen-bond acceptors (Lipinski definition) is 4. The zero-order valence-electron chi connectivity index (χ0n) is 10.7. The molecule has 4 rings (SSSR count). The summed E-state index contributed by atoms with van der Waals surface area (Å²) in [6, 6.07) is 8.13. The molecule has 0 atom stereocenters. The lowest BCUT2D eigenvalue weighted by atomic mass is 10.1. The van der Waals surface area contributed by atoms with Crippen molar-refractivity contribution in [2.24, 2.45) is 0 Å². The van der Waals surface area contributed by atoms with Crippen LogP contribution in [0.2, 0.25) is 0 Å². The van der Waals surface area contributed by atoms with Crippen LogP contribution in [0.1, 0.15) is 0 Å². The number of rotatable bonds is 2. The summed E-state index contributed by atoms with van der Waals surface area (Å²) >= 11 is 0. The van der Waals surface area contributed by atoms with E-state index in [4.69, 9.17) is 0 Å². The minimum atomic E-state index is -0.426. The van der Waals surface area contributed by atoms with Gasteiger partial charge in [0.1, 0.15) is 0 Å². The number of aromatic nitrogens is 5. The molecule has 8 nitrogen and oxygen atoms in total. The predicted octanol–water partition coefficient (Wildman–Crippen LogP) is 1.37. The minimum absolute atomic E-state index is 0.0535. The Labute approximate surface area is 117 Å². The maximum absolute atomic E-state index is 10.7. The lowest BCUT2D eigenvalue weighted by molar-refractivity contribution is -0.669. The van der Waals surface area contributed by atoms with Gasteiger partial charge in [0.15, 0.2) is 0 Å². The van der Waals surface area contributed by atoms with Crippen molar-refractivity contribution in [3.63, 3.8) is 0 Å². The second-order valence-electron chi connectivity index (χ2n) is 4.52. The summed E-state index contributed by atoms with van der Waals surface area (Å²) in [6.07, 6.45) is 5.36. The molecule has 0 amide bonds. The maximum atomic E-state index is 10.7. The monoisotopic (exact) mass is 281 g/mol. The van der Waals surface area contributed by atoms with Crippen molar-refractivity contribution in [3.8, 4) is 11.3 Å². The van der Waals surface area contributed by atoms with Gasteiger partial charge in [0.25, 0.3) is 5.69 Å². The Morgan fingerprint density at radius 1 is 1.29 bits per heavy atom. The third kappa shape index (κ3) is 1.73. The smallest absolute Gasteiger partial charge is 0.258 e. The second kappa shape index (κ2) is 4.10. The lowest BCUT2D eigenvalue weighted by Crippen LogP contribution is -2.26. The van der Waals surface area contributed by atoms with Crippen LogP contribution in [-0.2, 0) is 0 Å². The van der Waals surface area contributed by atoms with Gasteiger partial charge in [-0.25, -0.2) is 9.97 Å². The normalized spacial score (nSPS) is 11.2. The quantitative estimate of drug-likeness (QED) is 0.341. The number of nitro groups is 1. The zero-order chi connectivity index (χ0) is 14.4. The van der Waals surface area contributed by atoms with E-state index in [1.54, 1.807) is 23.0 Å². The Kier molecular flexibility index (Phi) is 2.25. The number of H-pyrrole nitrogens is 1. The molecular weight excluding hydrogens is 272 g/mol. The molecule has 102 valence electrons. The first-order valence-electron chi connectivity index (χ1n) is 6.21. The largest absolute Gasteiger partial charge is 0.269 e. The van der Waals surface area contributed by atoms with Crippen molar-refractivity contribution in [2.45, 2.75) is 0 Å². The van der Waals surface area contributed by atoms with Crippen LogP contribution in [0, 0.1) is 10.1 Å². The first-order valence-corrected chi connectivity index (χ1v) is 6.21. The number of benzene rings is 1. The zero-order valence-corrected chi connectivity index (χ0v) is 10.7. The molecule has 0 radical (unpaired) electrons. The van der Waals surface area contributed by atoms with Gasteiger partial charge in [0.2, 0.25) is 17.5 Å². The fourth-order valence-electron chi connectivity index (χ4n) is 2.23. The highest BCUT2D eigenvalue weighted by Gasteiger charge is 2.14. The van der Waals surface area contributed by atoms with Crippen LogP contribution in [-0.4, -0.2) is 24.5 Å². The van der Waals surface area contributed by atoms with Gasteiger partial charge in [-0.05, 0) is 12.1 Å². The number of hydrogen-bond donors (Lipinski definition) is 1. The topological polar surface area (TPSA) is 93.2 Å². The van der Waals surface area contributed by atoms with Gasteiger partial charge in [0.05, 0.1) is 23.0 Å². The maximum Gasteiger partial charge on any atom is 0.269 e. The first-order chi connectivity index (χ1) is 10.2. The molecule has 0 aliphatic rings. The molecule has 0 aliphatic heterocycles. The van der Waals surface area contributed by atoms with Gasteiger partial charge in [0, 0.05) is 28.4 Å². The summed E-state index contributed by atoms with van der Waals surface area (Å²) in [5.41, 5.74) is 2.85. The average Bonchev–Trinajstić information content (AvgIpc) is 3.07. The molecule has 4 aromatic rings. The number of nitro benzene ring substituents is 1. The third-order valence-corrected chi connectivity index (χ3v) is 3.25. The number of nitrogens with one attached hydrogen (secondary N) is 1. The van der Waals surface area contributed by atoms with E-state index < -0.39 is 4.92 Å². The highest BCUT2D eigenvalue weighted by atomic mass is 16.6. The number of nitrogens with zero attached hydrogens (tertiary/aromatic N) is 5. The lowest BCUT2D eigenvalue weighted by Gasteiger charge is -1.99. The SMILES string of the molecule is O=[N+]([O-])c1ccc(-c2cnc3[nH][n+]4cccn4c3n2)cc1. The molecule has 1 N–H and O–H groups in total. The first kappa shape index (κ1) is 11.5. The Balaban J connectivity index is 1.87. The molecule has 0 aliphatic carbocycles. The number of aromatic amines is 1. The molecule has 21 heavy (non-hydrogen) atoms. The van der Waals surface area contributed by atoms with Gasteiger partial charge in [-0.1, -0.05) is 4.52 Å². The molecule has 0 saturated heterocycles.